The van der Waals surface area contributed by atoms with E-state index < -0.39 is 10.0 Å². The maximum atomic E-state index is 13.3. The summed E-state index contributed by atoms with van der Waals surface area (Å²) in [6, 6.07) is 13.2. The van der Waals surface area contributed by atoms with Crippen LogP contribution < -0.4 is 9.62 Å². The first-order chi connectivity index (χ1) is 15.2. The van der Waals surface area contributed by atoms with Gasteiger partial charge in [-0.25, -0.2) is 8.42 Å². The lowest BCUT2D eigenvalue weighted by atomic mass is 10.2. The molecule has 1 amide bonds. The molecule has 0 saturated carbocycles. The molecule has 1 N–H and O–H groups in total. The zero-order valence-electron chi connectivity index (χ0n) is 18.0. The van der Waals surface area contributed by atoms with Crippen LogP contribution >= 0.6 is 23.4 Å². The van der Waals surface area contributed by atoms with Gasteiger partial charge in [-0.3, -0.25) is 9.10 Å². The Morgan fingerprint density at radius 2 is 1.91 bits per heavy atom. The first kappa shape index (κ1) is 24.2. The quantitative estimate of drug-likeness (QED) is 0.449. The van der Waals surface area contributed by atoms with E-state index in [9.17, 15) is 13.2 Å². The van der Waals surface area contributed by atoms with Crippen LogP contribution in [-0.2, 0) is 20.6 Å². The van der Waals surface area contributed by atoms with Gasteiger partial charge in [0.05, 0.1) is 22.2 Å². The Labute approximate surface area is 197 Å². The van der Waals surface area contributed by atoms with Crippen LogP contribution in [0.1, 0.15) is 23.9 Å². The number of thioether (sulfide) groups is 1. The zero-order chi connectivity index (χ0) is 23.3. The third-order valence-corrected chi connectivity index (χ3v) is 8.12. The number of hydrogen-bond acceptors (Lipinski definition) is 6. The molecule has 1 aromatic heterocycles. The number of carbonyl (C=O) groups is 1. The Morgan fingerprint density at radius 1 is 1.19 bits per heavy atom. The molecule has 170 valence electrons. The highest BCUT2D eigenvalue weighted by molar-refractivity contribution is 7.99. The van der Waals surface area contributed by atoms with Crippen LogP contribution in [0.25, 0.3) is 0 Å². The van der Waals surface area contributed by atoms with Crippen molar-refractivity contribution in [3.63, 3.8) is 0 Å². The van der Waals surface area contributed by atoms with E-state index in [0.717, 1.165) is 17.0 Å². The van der Waals surface area contributed by atoms with Gasteiger partial charge in [0, 0.05) is 23.5 Å². The number of nitrogens with zero attached hydrogens (tertiary/aromatic N) is 2. The molecule has 1 heterocycles. The molecule has 0 bridgehead atoms. The molecule has 0 atom stereocenters. The second-order valence-corrected chi connectivity index (χ2v) is 10.2. The van der Waals surface area contributed by atoms with Gasteiger partial charge in [-0.1, -0.05) is 35.0 Å². The number of rotatable bonds is 9. The Hall–Kier alpha value is -2.49. The van der Waals surface area contributed by atoms with Crippen molar-refractivity contribution < 1.29 is 17.7 Å². The molecule has 7 nitrogen and oxygen atoms in total. The van der Waals surface area contributed by atoms with Crippen molar-refractivity contribution in [3.05, 3.63) is 70.6 Å². The lowest BCUT2D eigenvalue weighted by molar-refractivity contribution is -0.113. The molecule has 32 heavy (non-hydrogen) atoms. The molecule has 3 aromatic rings. The van der Waals surface area contributed by atoms with Gasteiger partial charge in [-0.2, -0.15) is 0 Å². The molecule has 0 saturated heterocycles. The summed E-state index contributed by atoms with van der Waals surface area (Å²) in [6.07, 6.45) is 0. The number of para-hydroxylation sites is 1. The molecule has 0 aliphatic carbocycles. The predicted octanol–water partition coefficient (Wildman–Crippen LogP) is 5.03. The second kappa shape index (κ2) is 10.4. The Bertz CT molecular complexity index is 1180. The summed E-state index contributed by atoms with van der Waals surface area (Å²) in [5.41, 5.74) is 2.68. The third kappa shape index (κ3) is 5.46. The molecule has 3 rings (SSSR count). The first-order valence-corrected chi connectivity index (χ1v) is 12.9. The molecule has 0 radical (unpaired) electrons. The van der Waals surface area contributed by atoms with Crippen LogP contribution in [-0.4, -0.2) is 31.8 Å². The lowest BCUT2D eigenvalue weighted by Crippen LogP contribution is -2.31. The summed E-state index contributed by atoms with van der Waals surface area (Å²) in [7, 11) is -3.92. The SMILES string of the molecule is CCN(c1ccccc1)S(=O)(=O)c1cc(NC(=O)CSCc2c(C)noc2C)ccc1Cl. The maximum Gasteiger partial charge on any atom is 0.265 e. The molecule has 0 aliphatic heterocycles. The lowest BCUT2D eigenvalue weighted by Gasteiger charge is -2.23. The normalized spacial score (nSPS) is 11.4. The molecule has 0 fully saturated rings. The average Bonchev–Trinajstić information content (AvgIpc) is 3.08. The fourth-order valence-corrected chi connectivity index (χ4v) is 6.09. The number of sulfonamides is 1. The van der Waals surface area contributed by atoms with Crippen molar-refractivity contribution in [1.29, 1.82) is 0 Å². The van der Waals surface area contributed by atoms with E-state index in [1.807, 2.05) is 19.9 Å². The van der Waals surface area contributed by atoms with Gasteiger partial charge in [0.2, 0.25) is 5.91 Å². The average molecular weight is 494 g/mol. The zero-order valence-corrected chi connectivity index (χ0v) is 20.4. The molecule has 0 unspecified atom stereocenters. The summed E-state index contributed by atoms with van der Waals surface area (Å²) in [5.74, 6) is 1.28. The Kier molecular flexibility index (Phi) is 7.86. The minimum Gasteiger partial charge on any atom is -0.361 e. The van der Waals surface area contributed by atoms with E-state index in [-0.39, 0.29) is 28.1 Å². The van der Waals surface area contributed by atoms with Crippen molar-refractivity contribution in [2.75, 3.05) is 21.9 Å². The van der Waals surface area contributed by atoms with Gasteiger partial charge < -0.3 is 9.84 Å². The summed E-state index contributed by atoms with van der Waals surface area (Å²) in [6.45, 7) is 5.68. The fourth-order valence-electron chi connectivity index (χ4n) is 3.13. The molecule has 0 aliphatic rings. The second-order valence-electron chi connectivity index (χ2n) is 6.99. The molecular formula is C22H24ClN3O4S2. The van der Waals surface area contributed by atoms with Crippen LogP contribution in [0.4, 0.5) is 11.4 Å². The monoisotopic (exact) mass is 493 g/mol. The number of amides is 1. The molecule has 2 aromatic carbocycles. The molecule has 10 heteroatoms. The van der Waals surface area contributed by atoms with Gasteiger partial charge in [0.25, 0.3) is 10.0 Å². The smallest absolute Gasteiger partial charge is 0.265 e. The predicted molar refractivity (Wildman–Crippen MR) is 129 cm³/mol. The highest BCUT2D eigenvalue weighted by Gasteiger charge is 2.26. The fraction of sp³-hybridized carbons (Fsp3) is 0.273. The summed E-state index contributed by atoms with van der Waals surface area (Å²) >= 11 is 7.66. The van der Waals surface area contributed by atoms with Crippen molar-refractivity contribution in [3.8, 4) is 0 Å². The number of carbonyl (C=O) groups excluding carboxylic acids is 1. The Balaban J connectivity index is 1.73. The van der Waals surface area contributed by atoms with Crippen molar-refractivity contribution in [1.82, 2.24) is 5.16 Å². The van der Waals surface area contributed by atoms with Crippen LogP contribution in [0.3, 0.4) is 0 Å². The van der Waals surface area contributed by atoms with Crippen molar-refractivity contribution in [2.45, 2.75) is 31.4 Å². The van der Waals surface area contributed by atoms with Crippen LogP contribution in [0, 0.1) is 13.8 Å². The number of halogens is 1. The number of benzene rings is 2. The van der Waals surface area contributed by atoms with E-state index in [1.165, 1.54) is 28.2 Å². The standard InChI is InChI=1S/C22H24ClN3O4S2/c1-4-26(18-8-6-5-7-9-18)32(28,29)21-12-17(10-11-20(21)23)24-22(27)14-31-13-19-15(2)25-30-16(19)3/h5-12H,4,13-14H2,1-3H3,(H,24,27). The highest BCUT2D eigenvalue weighted by Crippen LogP contribution is 2.30. The van der Waals surface area contributed by atoms with E-state index >= 15 is 0 Å². The third-order valence-electron chi connectivity index (χ3n) is 4.78. The summed E-state index contributed by atoms with van der Waals surface area (Å²) < 4.78 is 33.0. The van der Waals surface area contributed by atoms with E-state index in [1.54, 1.807) is 37.3 Å². The van der Waals surface area contributed by atoms with E-state index in [0.29, 0.717) is 17.1 Å². The molecule has 0 spiro atoms. The number of hydrogen-bond donors (Lipinski definition) is 1. The van der Waals surface area contributed by atoms with Crippen molar-refractivity contribution in [2.24, 2.45) is 0 Å². The van der Waals surface area contributed by atoms with Crippen LogP contribution in [0.15, 0.2) is 57.9 Å². The number of aryl methyl sites for hydroxylation is 2. The van der Waals surface area contributed by atoms with Crippen LogP contribution in [0.5, 0.6) is 0 Å². The topological polar surface area (TPSA) is 92.5 Å². The largest absolute Gasteiger partial charge is 0.361 e. The van der Waals surface area contributed by atoms with Gasteiger partial charge in [-0.05, 0) is 51.1 Å². The van der Waals surface area contributed by atoms with Gasteiger partial charge >= 0.3 is 0 Å². The van der Waals surface area contributed by atoms with Gasteiger partial charge in [0.1, 0.15) is 10.7 Å². The maximum absolute atomic E-state index is 13.3. The molecular weight excluding hydrogens is 470 g/mol. The highest BCUT2D eigenvalue weighted by atomic mass is 35.5. The number of anilines is 2. The number of aromatic nitrogens is 1. The first-order valence-electron chi connectivity index (χ1n) is 9.90. The minimum atomic E-state index is -3.92. The van der Waals surface area contributed by atoms with Gasteiger partial charge in [0.15, 0.2) is 0 Å². The Morgan fingerprint density at radius 3 is 2.53 bits per heavy atom. The van der Waals surface area contributed by atoms with E-state index in [2.05, 4.69) is 10.5 Å². The number of nitrogens with one attached hydrogen (secondary N) is 1. The van der Waals surface area contributed by atoms with E-state index in [4.69, 9.17) is 16.1 Å². The summed E-state index contributed by atoms with van der Waals surface area (Å²) in [5, 5.41) is 6.74. The minimum absolute atomic E-state index is 0.0638. The van der Waals surface area contributed by atoms with Crippen LogP contribution in [0.2, 0.25) is 5.02 Å². The summed E-state index contributed by atoms with van der Waals surface area (Å²) in [4.78, 5) is 12.3. The van der Waals surface area contributed by atoms with Gasteiger partial charge in [-0.15, -0.1) is 11.8 Å². The van der Waals surface area contributed by atoms with Crippen molar-refractivity contribution >= 4 is 50.7 Å².